The maximum absolute atomic E-state index is 14.2. The summed E-state index contributed by atoms with van der Waals surface area (Å²) in [7, 11) is -4.16. The molecule has 0 aliphatic carbocycles. The third kappa shape index (κ3) is 6.58. The third-order valence-corrected chi connectivity index (χ3v) is 9.68. The first-order valence-corrected chi connectivity index (χ1v) is 16.3. The second-order valence-corrected chi connectivity index (χ2v) is 12.8. The van der Waals surface area contributed by atoms with Crippen LogP contribution in [0, 0.1) is 6.92 Å². The van der Waals surface area contributed by atoms with Crippen molar-refractivity contribution in [1.29, 1.82) is 0 Å². The number of furan rings is 2. The van der Waals surface area contributed by atoms with E-state index >= 15 is 0 Å². The summed E-state index contributed by atoms with van der Waals surface area (Å²) in [6.07, 6.45) is 1.51. The molecule has 0 bridgehead atoms. The van der Waals surface area contributed by atoms with Crippen molar-refractivity contribution in [2.24, 2.45) is 0 Å². The molecule has 0 radical (unpaired) electrons. The van der Waals surface area contributed by atoms with Crippen LogP contribution in [0.2, 0.25) is 10.0 Å². The monoisotopic (exact) mass is 668 g/mol. The van der Waals surface area contributed by atoms with E-state index in [-0.39, 0.29) is 53.4 Å². The van der Waals surface area contributed by atoms with Crippen LogP contribution in [-0.4, -0.2) is 38.3 Å². The Kier molecular flexibility index (Phi) is 9.57. The van der Waals surface area contributed by atoms with Gasteiger partial charge in [0.2, 0.25) is 5.76 Å². The Morgan fingerprint density at radius 1 is 0.933 bits per heavy atom. The van der Waals surface area contributed by atoms with E-state index in [0.29, 0.717) is 38.5 Å². The van der Waals surface area contributed by atoms with E-state index in [1.54, 1.807) is 81.4 Å². The van der Waals surface area contributed by atoms with E-state index in [0.717, 1.165) is 0 Å². The highest BCUT2D eigenvalue weighted by Gasteiger charge is 2.29. The predicted molar refractivity (Wildman–Crippen MR) is 172 cm³/mol. The zero-order valence-corrected chi connectivity index (χ0v) is 27.1. The number of anilines is 1. The van der Waals surface area contributed by atoms with Crippen molar-refractivity contribution in [2.75, 3.05) is 17.5 Å². The molecule has 0 fully saturated rings. The molecule has 3 aromatic carbocycles. The van der Waals surface area contributed by atoms with Gasteiger partial charge in [-0.3, -0.25) is 9.10 Å². The number of rotatable bonds is 11. The van der Waals surface area contributed by atoms with Crippen molar-refractivity contribution in [3.05, 3.63) is 117 Å². The molecule has 0 saturated carbocycles. The molecule has 0 saturated heterocycles. The maximum Gasteiger partial charge on any atom is 0.374 e. The molecule has 5 rings (SSSR count). The first-order valence-electron chi connectivity index (χ1n) is 14.1. The lowest BCUT2D eigenvalue weighted by atomic mass is 10.1. The summed E-state index contributed by atoms with van der Waals surface area (Å²) < 4.78 is 45.9. The van der Waals surface area contributed by atoms with Crippen LogP contribution in [-0.2, 0) is 27.8 Å². The summed E-state index contributed by atoms with van der Waals surface area (Å²) >= 11 is 12.8. The van der Waals surface area contributed by atoms with E-state index < -0.39 is 16.0 Å². The molecular weight excluding hydrogens is 639 g/mol. The number of amides is 1. The predicted octanol–water partition coefficient (Wildman–Crippen LogP) is 7.88. The zero-order valence-electron chi connectivity index (χ0n) is 24.8. The van der Waals surface area contributed by atoms with Crippen molar-refractivity contribution < 1.29 is 31.6 Å². The average Bonchev–Trinajstić information content (AvgIpc) is 3.65. The quantitative estimate of drug-likeness (QED) is 0.132. The minimum atomic E-state index is -4.16. The van der Waals surface area contributed by atoms with Gasteiger partial charge in [0.15, 0.2) is 0 Å². The van der Waals surface area contributed by atoms with Crippen molar-refractivity contribution >= 4 is 61.8 Å². The van der Waals surface area contributed by atoms with E-state index in [1.807, 2.05) is 0 Å². The van der Waals surface area contributed by atoms with Crippen LogP contribution in [0.4, 0.5) is 5.69 Å². The van der Waals surface area contributed by atoms with Crippen molar-refractivity contribution in [2.45, 2.75) is 38.8 Å². The Hall–Kier alpha value is -4.25. The summed E-state index contributed by atoms with van der Waals surface area (Å²) in [5.41, 5.74) is 1.90. The number of hydrogen-bond donors (Lipinski definition) is 0. The normalized spacial score (nSPS) is 11.5. The summed E-state index contributed by atoms with van der Waals surface area (Å²) in [6.45, 7) is 5.44. The largest absolute Gasteiger partial charge is 0.467 e. The molecule has 0 aliphatic rings. The van der Waals surface area contributed by atoms with Gasteiger partial charge >= 0.3 is 5.97 Å². The SMILES string of the molecule is CCOC(=O)c1oc2cc(S(=O)(=O)N(CC)c3ccc(Cl)cc3CN(Cc3ccco3)C(=O)c3ccccc3Cl)ccc2c1C. The Morgan fingerprint density at radius 3 is 2.40 bits per heavy atom. The first kappa shape index (κ1) is 32.2. The van der Waals surface area contributed by atoms with Crippen LogP contribution < -0.4 is 4.31 Å². The zero-order chi connectivity index (χ0) is 32.3. The molecule has 0 aliphatic heterocycles. The summed E-state index contributed by atoms with van der Waals surface area (Å²) in [6, 6.07) is 19.5. The van der Waals surface area contributed by atoms with Gasteiger partial charge in [0, 0.05) is 35.1 Å². The Bertz CT molecular complexity index is 1970. The number of benzene rings is 3. The molecule has 1 amide bonds. The van der Waals surface area contributed by atoms with Gasteiger partial charge in [-0.1, -0.05) is 35.3 Å². The molecular formula is C33H30Cl2N2O7S. The van der Waals surface area contributed by atoms with Gasteiger partial charge in [-0.15, -0.1) is 0 Å². The second-order valence-electron chi connectivity index (χ2n) is 10.1. The molecule has 0 unspecified atom stereocenters. The molecule has 12 heteroatoms. The number of hydrogen-bond acceptors (Lipinski definition) is 7. The first-order chi connectivity index (χ1) is 21.5. The molecule has 5 aromatic rings. The van der Waals surface area contributed by atoms with Gasteiger partial charge in [-0.2, -0.15) is 0 Å². The lowest BCUT2D eigenvalue weighted by molar-refractivity contribution is 0.0491. The minimum Gasteiger partial charge on any atom is -0.467 e. The fraction of sp³-hybridized carbons (Fsp3) is 0.212. The highest BCUT2D eigenvalue weighted by molar-refractivity contribution is 7.92. The second kappa shape index (κ2) is 13.4. The third-order valence-electron chi connectivity index (χ3n) is 7.24. The van der Waals surface area contributed by atoms with Gasteiger partial charge in [-0.25, -0.2) is 13.2 Å². The fourth-order valence-corrected chi connectivity index (χ4v) is 7.02. The Balaban J connectivity index is 1.54. The highest BCUT2D eigenvalue weighted by atomic mass is 35.5. The molecule has 0 N–H and O–H groups in total. The number of fused-ring (bicyclic) bond motifs is 1. The van der Waals surface area contributed by atoms with Crippen LogP contribution in [0.25, 0.3) is 11.0 Å². The Morgan fingerprint density at radius 2 is 1.71 bits per heavy atom. The van der Waals surface area contributed by atoms with Crippen molar-refractivity contribution in [3.63, 3.8) is 0 Å². The number of esters is 1. The number of carbonyl (C=O) groups is 2. The summed E-state index contributed by atoms with van der Waals surface area (Å²) in [5, 5.41) is 1.24. The van der Waals surface area contributed by atoms with Crippen LogP contribution in [0.5, 0.6) is 0 Å². The minimum absolute atomic E-state index is 0.00795. The number of nitrogens with zero attached hydrogens (tertiary/aromatic N) is 2. The van der Waals surface area contributed by atoms with Crippen LogP contribution in [0.1, 0.15) is 51.6 Å². The molecule has 0 atom stereocenters. The topological polar surface area (TPSA) is 110 Å². The molecule has 2 heterocycles. The molecule has 234 valence electrons. The van der Waals surface area contributed by atoms with Gasteiger partial charge in [0.1, 0.15) is 11.3 Å². The van der Waals surface area contributed by atoms with Gasteiger partial charge in [0.25, 0.3) is 15.9 Å². The molecule has 2 aromatic heterocycles. The van der Waals surface area contributed by atoms with Crippen molar-refractivity contribution in [3.8, 4) is 0 Å². The van der Waals surface area contributed by atoms with E-state index in [4.69, 9.17) is 36.8 Å². The van der Waals surface area contributed by atoms with E-state index in [1.165, 1.54) is 27.6 Å². The molecule has 0 spiro atoms. The number of aryl methyl sites for hydroxylation is 1. The maximum atomic E-state index is 14.2. The summed E-state index contributed by atoms with van der Waals surface area (Å²) in [5.74, 6) is -0.441. The van der Waals surface area contributed by atoms with Crippen molar-refractivity contribution in [1.82, 2.24) is 4.90 Å². The van der Waals surface area contributed by atoms with Gasteiger partial charge in [0.05, 0.1) is 40.6 Å². The van der Waals surface area contributed by atoms with Gasteiger partial charge in [-0.05, 0) is 80.9 Å². The molecule has 9 nitrogen and oxygen atoms in total. The standard InChI is InChI=1S/C33H30Cl2N2O7S/c1-4-37(45(40,41)25-13-14-26-21(3)31(33(39)42-5-2)44-30(26)18-25)29-15-12-23(34)17-22(29)19-36(20-24-9-8-16-43-24)32(38)27-10-6-7-11-28(27)35/h6-18H,4-5,19-20H2,1-3H3. The van der Waals surface area contributed by atoms with Crippen LogP contribution in [0.15, 0.2) is 92.8 Å². The van der Waals surface area contributed by atoms with Crippen LogP contribution in [0.3, 0.4) is 0 Å². The summed E-state index contributed by atoms with van der Waals surface area (Å²) in [4.78, 5) is 27.6. The lowest BCUT2D eigenvalue weighted by Crippen LogP contribution is -2.34. The average molecular weight is 670 g/mol. The number of halogens is 2. The van der Waals surface area contributed by atoms with Gasteiger partial charge < -0.3 is 18.5 Å². The number of sulfonamides is 1. The fourth-order valence-electron chi connectivity index (χ4n) is 5.08. The highest BCUT2D eigenvalue weighted by Crippen LogP contribution is 2.34. The van der Waals surface area contributed by atoms with E-state index in [9.17, 15) is 18.0 Å². The molecule has 45 heavy (non-hydrogen) atoms. The number of ether oxygens (including phenoxy) is 1. The van der Waals surface area contributed by atoms with E-state index in [2.05, 4.69) is 0 Å². The number of carbonyl (C=O) groups excluding carboxylic acids is 2. The Labute approximate surface area is 270 Å². The smallest absolute Gasteiger partial charge is 0.374 e. The lowest BCUT2D eigenvalue weighted by Gasteiger charge is -2.28. The van der Waals surface area contributed by atoms with Crippen LogP contribution >= 0.6 is 23.2 Å².